The first-order valence-corrected chi connectivity index (χ1v) is 9.96. The monoisotopic (exact) mass is 425 g/mol. The third kappa shape index (κ3) is 3.89. The molecule has 1 unspecified atom stereocenters. The van der Waals surface area contributed by atoms with Gasteiger partial charge in [0.1, 0.15) is 13.2 Å². The molecule has 0 aliphatic carbocycles. The van der Waals surface area contributed by atoms with Crippen molar-refractivity contribution < 1.29 is 19.1 Å². The molecule has 0 saturated heterocycles. The number of cyclic esters (lactones) is 1. The van der Waals surface area contributed by atoms with Gasteiger partial charge in [-0.2, -0.15) is 0 Å². The van der Waals surface area contributed by atoms with Gasteiger partial charge in [0.05, 0.1) is 17.3 Å². The number of anilines is 1. The molecule has 2 aromatic carbocycles. The van der Waals surface area contributed by atoms with Crippen molar-refractivity contribution in [2.24, 2.45) is 0 Å². The molecule has 2 aliphatic rings. The Balaban J connectivity index is 1.57. The molecule has 2 aliphatic heterocycles. The number of rotatable bonds is 5. The van der Waals surface area contributed by atoms with E-state index in [0.29, 0.717) is 27.5 Å². The van der Waals surface area contributed by atoms with Crippen molar-refractivity contribution in [1.29, 1.82) is 0 Å². The molecule has 2 N–H and O–H groups in total. The lowest BCUT2D eigenvalue weighted by molar-refractivity contribution is -0.136. The zero-order valence-corrected chi connectivity index (χ0v) is 17.0. The van der Waals surface area contributed by atoms with Gasteiger partial charge < -0.3 is 15.4 Å². The summed E-state index contributed by atoms with van der Waals surface area (Å²) in [6.07, 6.45) is 0.847. The van der Waals surface area contributed by atoms with E-state index in [0.717, 1.165) is 12.0 Å². The first-order valence-electron chi connectivity index (χ1n) is 9.58. The molecule has 1 atom stereocenters. The first kappa shape index (κ1) is 20.0. The van der Waals surface area contributed by atoms with Crippen LogP contribution in [0.3, 0.4) is 0 Å². The van der Waals surface area contributed by atoms with Crippen molar-refractivity contribution in [3.63, 3.8) is 0 Å². The topological polar surface area (TPSA) is 87.7 Å². The predicted octanol–water partition coefficient (Wildman–Crippen LogP) is 3.42. The molecule has 0 aromatic heterocycles. The zero-order valence-electron chi connectivity index (χ0n) is 16.3. The third-order valence-corrected chi connectivity index (χ3v) is 5.37. The average molecular weight is 426 g/mol. The summed E-state index contributed by atoms with van der Waals surface area (Å²) in [6, 6.07) is 13.3. The van der Waals surface area contributed by atoms with Crippen LogP contribution in [0.25, 0.3) is 0 Å². The predicted molar refractivity (Wildman–Crippen MR) is 112 cm³/mol. The Morgan fingerprint density at radius 3 is 2.73 bits per heavy atom. The van der Waals surface area contributed by atoms with Crippen LogP contribution in [0.2, 0.25) is 5.02 Å². The molecule has 0 bridgehead atoms. The minimum atomic E-state index is -0.652. The standard InChI is InChI=1S/C22H20ClN3O4/c1-2-13-4-3-5-16(10-13)24-18(27)11-26-17-12-30-21(28)19(17)20(25-22(26)29)14-6-8-15(23)9-7-14/h3-10,20H,2,11-12H2,1H3,(H,24,27)(H,25,29). The molecule has 0 saturated carbocycles. The fraction of sp³-hybridized carbons (Fsp3) is 0.227. The molecular formula is C22H20ClN3O4. The number of carbonyl (C=O) groups excluding carboxylic acids is 3. The summed E-state index contributed by atoms with van der Waals surface area (Å²) in [5, 5.41) is 6.15. The number of esters is 1. The molecule has 0 radical (unpaired) electrons. The van der Waals surface area contributed by atoms with Crippen LogP contribution in [-0.2, 0) is 20.7 Å². The van der Waals surface area contributed by atoms with Gasteiger partial charge in [-0.25, -0.2) is 9.59 Å². The van der Waals surface area contributed by atoms with Gasteiger partial charge in [0.2, 0.25) is 5.91 Å². The van der Waals surface area contributed by atoms with E-state index >= 15 is 0 Å². The fourth-order valence-electron chi connectivity index (χ4n) is 3.60. The molecule has 30 heavy (non-hydrogen) atoms. The van der Waals surface area contributed by atoms with Crippen LogP contribution < -0.4 is 10.6 Å². The number of nitrogens with zero attached hydrogens (tertiary/aromatic N) is 1. The van der Waals surface area contributed by atoms with Gasteiger partial charge in [0.25, 0.3) is 0 Å². The van der Waals surface area contributed by atoms with Gasteiger partial charge in [-0.15, -0.1) is 0 Å². The number of hydrogen-bond donors (Lipinski definition) is 2. The summed E-state index contributed by atoms with van der Waals surface area (Å²) >= 11 is 5.94. The number of benzene rings is 2. The van der Waals surface area contributed by atoms with Gasteiger partial charge in [-0.3, -0.25) is 9.69 Å². The van der Waals surface area contributed by atoms with Crippen LogP contribution in [-0.4, -0.2) is 36.0 Å². The summed E-state index contributed by atoms with van der Waals surface area (Å²) in [5.74, 6) is -0.874. The maximum absolute atomic E-state index is 12.8. The Morgan fingerprint density at radius 1 is 1.23 bits per heavy atom. The zero-order chi connectivity index (χ0) is 21.3. The van der Waals surface area contributed by atoms with Crippen LogP contribution in [0.1, 0.15) is 24.1 Å². The maximum Gasteiger partial charge on any atom is 0.338 e. The normalized spacial score (nSPS) is 18.1. The number of hydrogen-bond acceptors (Lipinski definition) is 4. The Bertz CT molecular complexity index is 1050. The molecular weight excluding hydrogens is 406 g/mol. The second kappa shape index (κ2) is 8.20. The number of halogens is 1. The van der Waals surface area contributed by atoms with Crippen molar-refractivity contribution in [1.82, 2.24) is 10.2 Å². The largest absolute Gasteiger partial charge is 0.456 e. The average Bonchev–Trinajstić information content (AvgIpc) is 3.12. The number of urea groups is 1. The molecule has 7 nitrogen and oxygen atoms in total. The number of carbonyl (C=O) groups is 3. The van der Waals surface area contributed by atoms with E-state index in [1.807, 2.05) is 25.1 Å². The number of aryl methyl sites for hydroxylation is 1. The minimum absolute atomic E-state index is 0.0513. The summed E-state index contributed by atoms with van der Waals surface area (Å²) in [7, 11) is 0. The lowest BCUT2D eigenvalue weighted by atomic mass is 9.96. The summed E-state index contributed by atoms with van der Waals surface area (Å²) < 4.78 is 5.18. The lowest BCUT2D eigenvalue weighted by Crippen LogP contribution is -2.49. The van der Waals surface area contributed by atoms with Crippen LogP contribution in [0.5, 0.6) is 0 Å². The highest BCUT2D eigenvalue weighted by Crippen LogP contribution is 2.35. The maximum atomic E-state index is 12.8. The van der Waals surface area contributed by atoms with E-state index in [-0.39, 0.29) is 19.1 Å². The van der Waals surface area contributed by atoms with Gasteiger partial charge in [-0.1, -0.05) is 42.8 Å². The van der Waals surface area contributed by atoms with Crippen LogP contribution in [0.15, 0.2) is 59.8 Å². The second-order valence-electron chi connectivity index (χ2n) is 7.06. The Kier molecular flexibility index (Phi) is 5.46. The molecule has 0 fully saturated rings. The van der Waals surface area contributed by atoms with E-state index < -0.39 is 18.0 Å². The summed E-state index contributed by atoms with van der Waals surface area (Å²) in [4.78, 5) is 39.0. The fourth-order valence-corrected chi connectivity index (χ4v) is 3.72. The van der Waals surface area contributed by atoms with Crippen molar-refractivity contribution in [3.05, 3.63) is 76.0 Å². The third-order valence-electron chi connectivity index (χ3n) is 5.12. The van der Waals surface area contributed by atoms with Crippen molar-refractivity contribution in [3.8, 4) is 0 Å². The number of ether oxygens (including phenoxy) is 1. The molecule has 3 amide bonds. The molecule has 0 spiro atoms. The Morgan fingerprint density at radius 2 is 2.00 bits per heavy atom. The number of nitrogens with one attached hydrogen (secondary N) is 2. The second-order valence-corrected chi connectivity index (χ2v) is 7.50. The smallest absolute Gasteiger partial charge is 0.338 e. The van der Waals surface area contributed by atoms with E-state index in [4.69, 9.17) is 16.3 Å². The molecule has 2 heterocycles. The van der Waals surface area contributed by atoms with Crippen LogP contribution in [0.4, 0.5) is 10.5 Å². The highest BCUT2D eigenvalue weighted by atomic mass is 35.5. The number of amides is 3. The van der Waals surface area contributed by atoms with Crippen molar-refractivity contribution in [2.45, 2.75) is 19.4 Å². The van der Waals surface area contributed by atoms with E-state index in [1.54, 1.807) is 30.3 Å². The van der Waals surface area contributed by atoms with Crippen molar-refractivity contribution >= 4 is 35.2 Å². The van der Waals surface area contributed by atoms with Gasteiger partial charge in [0, 0.05) is 10.7 Å². The van der Waals surface area contributed by atoms with E-state index in [2.05, 4.69) is 10.6 Å². The van der Waals surface area contributed by atoms with Gasteiger partial charge in [-0.05, 0) is 41.8 Å². The van der Waals surface area contributed by atoms with E-state index in [9.17, 15) is 14.4 Å². The highest BCUT2D eigenvalue weighted by Gasteiger charge is 2.42. The summed E-state index contributed by atoms with van der Waals surface area (Å²) in [5.41, 5.74) is 3.19. The minimum Gasteiger partial charge on any atom is -0.456 e. The SMILES string of the molecule is CCc1cccc(NC(=O)CN2C(=O)NC(c3ccc(Cl)cc3)C3=C2COC3=O)c1. The Hall–Kier alpha value is -3.32. The quantitative estimate of drug-likeness (QED) is 0.718. The summed E-state index contributed by atoms with van der Waals surface area (Å²) in [6.45, 7) is 1.75. The molecule has 4 rings (SSSR count). The highest BCUT2D eigenvalue weighted by molar-refractivity contribution is 6.30. The molecule has 8 heteroatoms. The molecule has 154 valence electrons. The van der Waals surface area contributed by atoms with Crippen LogP contribution in [0, 0.1) is 0 Å². The van der Waals surface area contributed by atoms with Gasteiger partial charge >= 0.3 is 12.0 Å². The lowest BCUT2D eigenvalue weighted by Gasteiger charge is -2.32. The first-order chi connectivity index (χ1) is 14.5. The van der Waals surface area contributed by atoms with Crippen LogP contribution >= 0.6 is 11.6 Å². The molecule has 2 aromatic rings. The van der Waals surface area contributed by atoms with Gasteiger partial charge in [0.15, 0.2) is 0 Å². The Labute approximate surface area is 178 Å². The van der Waals surface area contributed by atoms with Crippen molar-refractivity contribution in [2.75, 3.05) is 18.5 Å². The van der Waals surface area contributed by atoms with E-state index in [1.165, 1.54) is 4.90 Å².